The molecule has 2 amide bonds. The molecule has 0 aliphatic heterocycles. The van der Waals surface area contributed by atoms with Gasteiger partial charge in [-0.1, -0.05) is 0 Å². The smallest absolute Gasteiger partial charge is 0.404 e. The van der Waals surface area contributed by atoms with Gasteiger partial charge < -0.3 is 21.1 Å². The Kier molecular flexibility index (Phi) is 5.01. The number of benzene rings is 1. The average molecular weight is 305 g/mol. The van der Waals surface area contributed by atoms with Gasteiger partial charge in [-0.15, -0.1) is 13.2 Å². The van der Waals surface area contributed by atoms with Gasteiger partial charge in [0.15, 0.2) is 5.75 Å². The first kappa shape index (κ1) is 16.6. The van der Waals surface area contributed by atoms with E-state index in [2.05, 4.69) is 4.74 Å². The van der Waals surface area contributed by atoms with Crippen molar-refractivity contribution in [3.8, 4) is 5.75 Å². The molecule has 9 heteroatoms. The van der Waals surface area contributed by atoms with Gasteiger partial charge >= 0.3 is 6.36 Å². The highest BCUT2D eigenvalue weighted by atomic mass is 19.4. The van der Waals surface area contributed by atoms with Crippen LogP contribution in [0.5, 0.6) is 5.75 Å². The number of hydrogen-bond acceptors (Lipinski definition) is 4. The zero-order chi connectivity index (χ0) is 16.2. The molecule has 0 saturated carbocycles. The van der Waals surface area contributed by atoms with Gasteiger partial charge in [-0.05, 0) is 25.1 Å². The molecule has 0 saturated heterocycles. The zero-order valence-corrected chi connectivity index (χ0v) is 11.1. The van der Waals surface area contributed by atoms with E-state index in [-0.39, 0.29) is 24.3 Å². The van der Waals surface area contributed by atoms with Crippen LogP contribution in [0.25, 0.3) is 0 Å². The Hall–Kier alpha value is -2.45. The van der Waals surface area contributed by atoms with Crippen LogP contribution in [0.4, 0.5) is 18.9 Å². The maximum absolute atomic E-state index is 12.1. The van der Waals surface area contributed by atoms with Gasteiger partial charge in [-0.25, -0.2) is 0 Å². The molecular formula is C12H14F3N3O3. The lowest BCUT2D eigenvalue weighted by atomic mass is 10.1. The van der Waals surface area contributed by atoms with Crippen molar-refractivity contribution in [2.24, 2.45) is 5.73 Å². The maximum Gasteiger partial charge on any atom is 0.573 e. The summed E-state index contributed by atoms with van der Waals surface area (Å²) in [6.45, 7) is 1.55. The molecule has 0 bridgehead atoms. The lowest BCUT2D eigenvalue weighted by molar-refractivity contribution is -0.274. The van der Waals surface area contributed by atoms with Gasteiger partial charge in [0, 0.05) is 12.1 Å². The van der Waals surface area contributed by atoms with Crippen molar-refractivity contribution in [2.75, 3.05) is 18.8 Å². The highest BCUT2D eigenvalue weighted by Crippen LogP contribution is 2.29. The Bertz CT molecular complexity index is 546. The fourth-order valence-corrected chi connectivity index (χ4v) is 1.60. The summed E-state index contributed by atoms with van der Waals surface area (Å²) in [7, 11) is 0. The van der Waals surface area contributed by atoms with Gasteiger partial charge in [0.1, 0.15) is 0 Å². The number of anilines is 1. The van der Waals surface area contributed by atoms with Crippen molar-refractivity contribution in [2.45, 2.75) is 13.3 Å². The predicted molar refractivity (Wildman–Crippen MR) is 68.3 cm³/mol. The third kappa shape index (κ3) is 4.86. The molecule has 1 aromatic rings. The first-order valence-corrected chi connectivity index (χ1v) is 5.87. The van der Waals surface area contributed by atoms with Crippen molar-refractivity contribution >= 4 is 17.5 Å². The van der Waals surface area contributed by atoms with E-state index in [9.17, 15) is 22.8 Å². The summed E-state index contributed by atoms with van der Waals surface area (Å²) in [5, 5.41) is 0. The number of amides is 2. The van der Waals surface area contributed by atoms with Crippen LogP contribution in [0.15, 0.2) is 18.2 Å². The summed E-state index contributed by atoms with van der Waals surface area (Å²) in [5.74, 6) is -1.87. The summed E-state index contributed by atoms with van der Waals surface area (Å²) in [6, 6.07) is 3.12. The lowest BCUT2D eigenvalue weighted by Crippen LogP contribution is -2.38. The van der Waals surface area contributed by atoms with Crippen molar-refractivity contribution in [1.29, 1.82) is 0 Å². The third-order valence-electron chi connectivity index (χ3n) is 2.50. The third-order valence-corrected chi connectivity index (χ3v) is 2.50. The number of alkyl halides is 3. The van der Waals surface area contributed by atoms with Crippen LogP contribution in [0.1, 0.15) is 17.3 Å². The van der Waals surface area contributed by atoms with E-state index in [0.717, 1.165) is 23.1 Å². The number of carbonyl (C=O) groups excluding carboxylic acids is 2. The Morgan fingerprint density at radius 2 is 1.95 bits per heavy atom. The molecule has 0 heterocycles. The number of likely N-dealkylation sites (N-methyl/N-ethyl adjacent to an activating group) is 1. The molecule has 0 aliphatic carbocycles. The molecule has 116 valence electrons. The SMILES string of the molecule is CCN(CC(N)=O)C(=O)c1ccc(OC(F)(F)F)c(N)c1. The van der Waals surface area contributed by atoms with Crippen molar-refractivity contribution in [3.05, 3.63) is 23.8 Å². The monoisotopic (exact) mass is 305 g/mol. The van der Waals surface area contributed by atoms with E-state index < -0.39 is 23.9 Å². The maximum atomic E-state index is 12.1. The van der Waals surface area contributed by atoms with Crippen LogP contribution in [0.2, 0.25) is 0 Å². The van der Waals surface area contributed by atoms with Crippen molar-refractivity contribution < 1.29 is 27.5 Å². The Balaban J connectivity index is 2.97. The first-order chi connectivity index (χ1) is 9.64. The topological polar surface area (TPSA) is 98.6 Å². The molecule has 6 nitrogen and oxygen atoms in total. The number of hydrogen-bond donors (Lipinski definition) is 2. The second-order valence-electron chi connectivity index (χ2n) is 4.09. The number of nitrogen functional groups attached to an aromatic ring is 1. The van der Waals surface area contributed by atoms with Crippen LogP contribution in [0.3, 0.4) is 0 Å². The zero-order valence-electron chi connectivity index (χ0n) is 11.1. The molecule has 0 atom stereocenters. The van der Waals surface area contributed by atoms with Crippen molar-refractivity contribution in [1.82, 2.24) is 4.90 Å². The Morgan fingerprint density at radius 3 is 2.38 bits per heavy atom. The molecule has 0 spiro atoms. The number of ether oxygens (including phenoxy) is 1. The molecule has 0 fully saturated rings. The summed E-state index contributed by atoms with van der Waals surface area (Å²) in [4.78, 5) is 24.0. The van der Waals surface area contributed by atoms with E-state index in [1.165, 1.54) is 0 Å². The van der Waals surface area contributed by atoms with Crippen molar-refractivity contribution in [3.63, 3.8) is 0 Å². The minimum Gasteiger partial charge on any atom is -0.404 e. The minimum absolute atomic E-state index is 0.0325. The molecule has 4 N–H and O–H groups in total. The quantitative estimate of drug-likeness (QED) is 0.796. The fraction of sp³-hybridized carbons (Fsp3) is 0.333. The summed E-state index contributed by atoms with van der Waals surface area (Å²) in [6.07, 6.45) is -4.87. The van der Waals surface area contributed by atoms with Gasteiger partial charge in [0.05, 0.1) is 12.2 Å². The molecule has 21 heavy (non-hydrogen) atoms. The second kappa shape index (κ2) is 6.33. The van der Waals surface area contributed by atoms with E-state index >= 15 is 0 Å². The second-order valence-corrected chi connectivity index (χ2v) is 4.09. The van der Waals surface area contributed by atoms with E-state index in [1.54, 1.807) is 6.92 Å². The standard InChI is InChI=1S/C12H14F3N3O3/c1-2-18(6-10(17)19)11(20)7-3-4-9(8(16)5-7)21-12(13,14)15/h3-5H,2,6,16H2,1H3,(H2,17,19). The molecule has 0 unspecified atom stereocenters. The molecule has 0 radical (unpaired) electrons. The van der Waals surface area contributed by atoms with Crippen LogP contribution in [0, 0.1) is 0 Å². The molecule has 0 aromatic heterocycles. The summed E-state index contributed by atoms with van der Waals surface area (Å²) < 4.78 is 40.0. The highest BCUT2D eigenvalue weighted by molar-refractivity contribution is 5.97. The van der Waals surface area contributed by atoms with Crippen LogP contribution < -0.4 is 16.2 Å². The van der Waals surface area contributed by atoms with Gasteiger partial charge in [0.25, 0.3) is 5.91 Å². The van der Waals surface area contributed by atoms with Crippen LogP contribution in [-0.2, 0) is 4.79 Å². The molecule has 1 rings (SSSR count). The summed E-state index contributed by atoms with van der Waals surface area (Å²) >= 11 is 0. The van der Waals surface area contributed by atoms with E-state index in [0.29, 0.717) is 0 Å². The number of nitrogens with two attached hydrogens (primary N) is 2. The Morgan fingerprint density at radius 1 is 1.33 bits per heavy atom. The molecule has 0 aliphatic rings. The van der Waals surface area contributed by atoms with Gasteiger partial charge in [0.2, 0.25) is 5.91 Å². The fourth-order valence-electron chi connectivity index (χ4n) is 1.60. The summed E-state index contributed by atoms with van der Waals surface area (Å²) in [5.41, 5.74) is 10.1. The minimum atomic E-state index is -4.87. The van der Waals surface area contributed by atoms with Crippen LogP contribution in [-0.4, -0.2) is 36.2 Å². The van der Waals surface area contributed by atoms with Gasteiger partial charge in [-0.2, -0.15) is 0 Å². The number of carbonyl (C=O) groups is 2. The largest absolute Gasteiger partial charge is 0.573 e. The van der Waals surface area contributed by atoms with Gasteiger partial charge in [-0.3, -0.25) is 9.59 Å². The number of nitrogens with zero attached hydrogens (tertiary/aromatic N) is 1. The van der Waals surface area contributed by atoms with Crippen LogP contribution >= 0.6 is 0 Å². The average Bonchev–Trinajstić information content (AvgIpc) is 2.35. The molecule has 1 aromatic carbocycles. The normalized spacial score (nSPS) is 11.0. The number of rotatable bonds is 5. The molecular weight excluding hydrogens is 291 g/mol. The predicted octanol–water partition coefficient (Wildman–Crippen LogP) is 1.11. The number of halogens is 3. The lowest BCUT2D eigenvalue weighted by Gasteiger charge is -2.19. The Labute approximate surface area is 118 Å². The number of primary amides is 1. The highest BCUT2D eigenvalue weighted by Gasteiger charge is 2.32. The van der Waals surface area contributed by atoms with E-state index in [1.807, 2.05) is 0 Å². The van der Waals surface area contributed by atoms with E-state index in [4.69, 9.17) is 11.5 Å². The first-order valence-electron chi connectivity index (χ1n) is 5.87.